The monoisotopic (exact) mass is 267 g/mol. The molecule has 1 aromatic heterocycles. The lowest BCUT2D eigenvalue weighted by molar-refractivity contribution is -0.136. The Morgan fingerprint density at radius 2 is 2.18 bits per heavy atom. The van der Waals surface area contributed by atoms with E-state index in [1.807, 2.05) is 0 Å². The van der Waals surface area contributed by atoms with Crippen molar-refractivity contribution < 1.29 is 18.0 Å². The summed E-state index contributed by atoms with van der Waals surface area (Å²) in [6.45, 7) is 1.33. The lowest BCUT2D eigenvalue weighted by Gasteiger charge is -2.17. The van der Waals surface area contributed by atoms with Gasteiger partial charge in [-0.2, -0.15) is 13.2 Å². The van der Waals surface area contributed by atoms with Gasteiger partial charge >= 0.3 is 6.18 Å². The highest BCUT2D eigenvalue weighted by Crippen LogP contribution is 2.24. The van der Waals surface area contributed by atoms with Crippen molar-refractivity contribution in [3.8, 4) is 0 Å². The van der Waals surface area contributed by atoms with Crippen molar-refractivity contribution in [3.63, 3.8) is 0 Å². The Hall–Kier alpha value is -1.37. The molecule has 8 heteroatoms. The maximum Gasteiger partial charge on any atom is 0.391 e. The van der Waals surface area contributed by atoms with Crippen LogP contribution >= 0.6 is 11.6 Å². The standard InChI is InChI=1S/C9H9ClF3N3O/c1-5(2-9(11,12)13)16-8-6(3-17)7(10)14-4-15-8/h3-5H,2H2,1H3,(H,14,15,16). The second-order valence-electron chi connectivity index (χ2n) is 3.41. The summed E-state index contributed by atoms with van der Waals surface area (Å²) >= 11 is 5.60. The van der Waals surface area contributed by atoms with Crippen LogP contribution in [0.4, 0.5) is 19.0 Å². The topological polar surface area (TPSA) is 54.9 Å². The quantitative estimate of drug-likeness (QED) is 0.673. The fourth-order valence-electron chi connectivity index (χ4n) is 1.23. The number of nitrogens with one attached hydrogen (secondary N) is 1. The average molecular weight is 268 g/mol. The first kappa shape index (κ1) is 13.7. The van der Waals surface area contributed by atoms with Gasteiger partial charge in [-0.25, -0.2) is 9.97 Å². The molecule has 1 unspecified atom stereocenters. The molecule has 4 nitrogen and oxygen atoms in total. The highest BCUT2D eigenvalue weighted by molar-refractivity contribution is 6.32. The van der Waals surface area contributed by atoms with Crippen LogP contribution in [0, 0.1) is 0 Å². The number of hydrogen-bond acceptors (Lipinski definition) is 4. The second-order valence-corrected chi connectivity index (χ2v) is 3.77. The van der Waals surface area contributed by atoms with E-state index >= 15 is 0 Å². The van der Waals surface area contributed by atoms with Crippen LogP contribution in [0.3, 0.4) is 0 Å². The molecular formula is C9H9ClF3N3O. The van der Waals surface area contributed by atoms with Crippen LogP contribution < -0.4 is 5.32 Å². The van der Waals surface area contributed by atoms with E-state index in [9.17, 15) is 18.0 Å². The first-order valence-electron chi connectivity index (χ1n) is 4.62. The van der Waals surface area contributed by atoms with Crippen molar-refractivity contribution >= 4 is 23.7 Å². The summed E-state index contributed by atoms with van der Waals surface area (Å²) in [5.41, 5.74) is -0.0526. The summed E-state index contributed by atoms with van der Waals surface area (Å²) in [6.07, 6.45) is -3.86. The number of carbonyl (C=O) groups excluding carboxylic acids is 1. The van der Waals surface area contributed by atoms with E-state index in [-0.39, 0.29) is 16.5 Å². The van der Waals surface area contributed by atoms with E-state index in [4.69, 9.17) is 11.6 Å². The van der Waals surface area contributed by atoms with Crippen molar-refractivity contribution in [1.29, 1.82) is 0 Å². The molecule has 0 bridgehead atoms. The van der Waals surface area contributed by atoms with Gasteiger partial charge in [0.05, 0.1) is 12.0 Å². The third kappa shape index (κ3) is 4.18. The number of rotatable bonds is 4. The zero-order chi connectivity index (χ0) is 13.1. The molecule has 0 radical (unpaired) electrons. The molecule has 1 rings (SSSR count). The summed E-state index contributed by atoms with van der Waals surface area (Å²) in [5, 5.41) is 2.37. The molecular weight excluding hydrogens is 259 g/mol. The van der Waals surface area contributed by atoms with Gasteiger partial charge in [0.1, 0.15) is 17.3 Å². The van der Waals surface area contributed by atoms with Gasteiger partial charge in [0, 0.05) is 6.04 Å². The van der Waals surface area contributed by atoms with E-state index in [0.717, 1.165) is 6.33 Å². The molecule has 0 saturated heterocycles. The van der Waals surface area contributed by atoms with E-state index in [0.29, 0.717) is 6.29 Å². The first-order chi connectivity index (χ1) is 7.83. The third-order valence-electron chi connectivity index (χ3n) is 1.87. The van der Waals surface area contributed by atoms with Gasteiger partial charge < -0.3 is 5.32 Å². The molecule has 17 heavy (non-hydrogen) atoms. The molecule has 0 aliphatic rings. The van der Waals surface area contributed by atoms with Crippen molar-refractivity contribution in [1.82, 2.24) is 9.97 Å². The molecule has 1 N–H and O–H groups in total. The number of alkyl halides is 3. The van der Waals surface area contributed by atoms with Crippen LogP contribution in [0.25, 0.3) is 0 Å². The Bertz CT molecular complexity index is 411. The van der Waals surface area contributed by atoms with Gasteiger partial charge in [0.15, 0.2) is 6.29 Å². The third-order valence-corrected chi connectivity index (χ3v) is 2.18. The minimum absolute atomic E-state index is 0.00301. The molecule has 1 atom stereocenters. The average Bonchev–Trinajstić information content (AvgIpc) is 2.14. The maximum absolute atomic E-state index is 12.1. The summed E-state index contributed by atoms with van der Waals surface area (Å²) in [7, 11) is 0. The zero-order valence-electron chi connectivity index (χ0n) is 8.75. The highest BCUT2D eigenvalue weighted by Gasteiger charge is 2.30. The molecule has 94 valence electrons. The van der Waals surface area contributed by atoms with E-state index in [1.54, 1.807) is 0 Å². The fourth-order valence-corrected chi connectivity index (χ4v) is 1.40. The Kier molecular flexibility index (Phi) is 4.28. The van der Waals surface area contributed by atoms with Crippen LogP contribution in [0.2, 0.25) is 5.15 Å². The number of aromatic nitrogens is 2. The largest absolute Gasteiger partial charge is 0.391 e. The Morgan fingerprint density at radius 1 is 1.53 bits per heavy atom. The number of anilines is 1. The van der Waals surface area contributed by atoms with Crippen molar-refractivity contribution in [2.24, 2.45) is 0 Å². The highest BCUT2D eigenvalue weighted by atomic mass is 35.5. The van der Waals surface area contributed by atoms with Gasteiger partial charge in [-0.1, -0.05) is 11.6 Å². The Morgan fingerprint density at radius 3 is 2.71 bits per heavy atom. The number of aldehydes is 1. The molecule has 0 amide bonds. The smallest absolute Gasteiger partial charge is 0.367 e. The SMILES string of the molecule is CC(CC(F)(F)F)Nc1ncnc(Cl)c1C=O. The molecule has 1 heterocycles. The molecule has 0 fully saturated rings. The van der Waals surface area contributed by atoms with Crippen LogP contribution in [0.5, 0.6) is 0 Å². The molecule has 0 spiro atoms. The van der Waals surface area contributed by atoms with E-state index < -0.39 is 18.6 Å². The van der Waals surface area contributed by atoms with Gasteiger partial charge in [-0.3, -0.25) is 4.79 Å². The molecule has 0 aromatic carbocycles. The van der Waals surface area contributed by atoms with Crippen LogP contribution in [0.1, 0.15) is 23.7 Å². The Labute approximate surface area is 100 Å². The minimum Gasteiger partial charge on any atom is -0.367 e. The fraction of sp³-hybridized carbons (Fsp3) is 0.444. The van der Waals surface area contributed by atoms with Crippen molar-refractivity contribution in [3.05, 3.63) is 17.0 Å². The summed E-state index contributed by atoms with van der Waals surface area (Å²) in [6, 6.07) is -0.917. The molecule has 0 aliphatic heterocycles. The van der Waals surface area contributed by atoms with Crippen LogP contribution in [-0.2, 0) is 0 Å². The number of carbonyl (C=O) groups is 1. The normalized spacial score (nSPS) is 13.2. The number of halogens is 4. The minimum atomic E-state index is -4.29. The second kappa shape index (κ2) is 5.31. The maximum atomic E-state index is 12.1. The van der Waals surface area contributed by atoms with Crippen LogP contribution in [-0.4, -0.2) is 28.5 Å². The van der Waals surface area contributed by atoms with Gasteiger partial charge in [0.2, 0.25) is 0 Å². The molecule has 1 aromatic rings. The predicted octanol–water partition coefficient (Wildman–Crippen LogP) is 2.70. The summed E-state index contributed by atoms with van der Waals surface area (Å²) in [4.78, 5) is 17.9. The first-order valence-corrected chi connectivity index (χ1v) is 5.00. The zero-order valence-corrected chi connectivity index (χ0v) is 9.51. The molecule has 0 saturated carbocycles. The van der Waals surface area contributed by atoms with Crippen molar-refractivity contribution in [2.45, 2.75) is 25.6 Å². The number of hydrogen-bond donors (Lipinski definition) is 1. The van der Waals surface area contributed by atoms with Gasteiger partial charge in [0.25, 0.3) is 0 Å². The molecule has 0 aliphatic carbocycles. The van der Waals surface area contributed by atoms with Gasteiger partial charge in [-0.05, 0) is 6.92 Å². The predicted molar refractivity (Wildman–Crippen MR) is 56.2 cm³/mol. The number of nitrogens with zero attached hydrogens (tertiary/aromatic N) is 2. The van der Waals surface area contributed by atoms with Crippen LogP contribution in [0.15, 0.2) is 6.33 Å². The lowest BCUT2D eigenvalue weighted by Crippen LogP contribution is -2.25. The summed E-state index contributed by atoms with van der Waals surface area (Å²) in [5.74, 6) is -0.00301. The summed E-state index contributed by atoms with van der Waals surface area (Å²) < 4.78 is 36.3. The lowest BCUT2D eigenvalue weighted by atomic mass is 10.2. The van der Waals surface area contributed by atoms with E-state index in [2.05, 4.69) is 15.3 Å². The van der Waals surface area contributed by atoms with Gasteiger partial charge in [-0.15, -0.1) is 0 Å². The van der Waals surface area contributed by atoms with E-state index in [1.165, 1.54) is 6.92 Å². The Balaban J connectivity index is 2.81. The van der Waals surface area contributed by atoms with Crippen molar-refractivity contribution in [2.75, 3.05) is 5.32 Å².